The van der Waals surface area contributed by atoms with E-state index in [0.29, 0.717) is 0 Å². The fraction of sp³-hybridized carbons (Fsp3) is 0.200. The molecule has 2 aromatic rings. The van der Waals surface area contributed by atoms with E-state index in [0.717, 1.165) is 15.7 Å². The van der Waals surface area contributed by atoms with E-state index in [2.05, 4.69) is 15.9 Å². The fourth-order valence-electron chi connectivity index (χ4n) is 1.28. The molecule has 0 aromatic carbocycles. The smallest absolute Gasteiger partial charge is 0.105 e. The van der Waals surface area contributed by atoms with Crippen LogP contribution in [0.3, 0.4) is 0 Å². The van der Waals surface area contributed by atoms with Crippen LogP contribution in [0.15, 0.2) is 28.9 Å². The van der Waals surface area contributed by atoms with E-state index in [1.54, 1.807) is 17.6 Å². The molecule has 0 amide bonds. The van der Waals surface area contributed by atoms with Gasteiger partial charge in [-0.2, -0.15) is 0 Å². The Bertz CT molecular complexity index is 435. The zero-order valence-electron chi connectivity index (χ0n) is 7.46. The van der Waals surface area contributed by atoms with Gasteiger partial charge in [0.05, 0.1) is 15.4 Å². The molecule has 74 valence electrons. The quantitative estimate of drug-likeness (QED) is 0.725. The van der Waals surface area contributed by atoms with Crippen molar-refractivity contribution in [2.24, 2.45) is 0 Å². The Hall–Kier alpha value is -0.250. The molecule has 0 aliphatic rings. The van der Waals surface area contributed by atoms with Crippen LogP contribution >= 0.6 is 38.9 Å². The Kier molecular flexibility index (Phi) is 3.00. The largest absolute Gasteiger partial charge is 0.469 e. The second kappa shape index (κ2) is 4.09. The Labute approximate surface area is 99.8 Å². The molecule has 0 aliphatic heterocycles. The summed E-state index contributed by atoms with van der Waals surface area (Å²) in [7, 11) is 0. The third-order valence-electron chi connectivity index (χ3n) is 2.02. The van der Waals surface area contributed by atoms with Gasteiger partial charge in [0.25, 0.3) is 0 Å². The van der Waals surface area contributed by atoms with Gasteiger partial charge in [-0.3, -0.25) is 0 Å². The van der Waals surface area contributed by atoms with Crippen molar-refractivity contribution in [2.75, 3.05) is 0 Å². The summed E-state index contributed by atoms with van der Waals surface area (Å²) < 4.78 is 6.07. The van der Waals surface area contributed by atoms with E-state index >= 15 is 0 Å². The summed E-state index contributed by atoms with van der Waals surface area (Å²) in [5.74, 6) is 0.941. The van der Waals surface area contributed by atoms with Crippen molar-refractivity contribution in [1.29, 1.82) is 0 Å². The normalized spacial score (nSPS) is 13.1. The van der Waals surface area contributed by atoms with Gasteiger partial charge in [0.1, 0.15) is 5.76 Å². The summed E-state index contributed by atoms with van der Waals surface area (Å²) in [6.07, 6.45) is 1.70. The maximum Gasteiger partial charge on any atom is 0.105 e. The molecule has 0 radical (unpaired) electrons. The zero-order chi connectivity index (χ0) is 10.1. The topological polar surface area (TPSA) is 13.1 Å². The molecular weight excluding hydrogens is 284 g/mol. The van der Waals surface area contributed by atoms with E-state index < -0.39 is 0 Å². The second-order valence-electron chi connectivity index (χ2n) is 2.94. The van der Waals surface area contributed by atoms with E-state index in [1.165, 1.54) is 4.88 Å². The number of thiophene rings is 1. The molecule has 0 bridgehead atoms. The van der Waals surface area contributed by atoms with Gasteiger partial charge in [-0.25, -0.2) is 0 Å². The van der Waals surface area contributed by atoms with Crippen molar-refractivity contribution in [3.8, 4) is 0 Å². The molecule has 4 heteroatoms. The van der Waals surface area contributed by atoms with Gasteiger partial charge in [0, 0.05) is 10.4 Å². The number of hydrogen-bond acceptors (Lipinski definition) is 2. The lowest BCUT2D eigenvalue weighted by Crippen LogP contribution is -1.88. The highest BCUT2D eigenvalue weighted by Gasteiger charge is 2.16. The van der Waals surface area contributed by atoms with Crippen molar-refractivity contribution in [3.63, 3.8) is 0 Å². The summed E-state index contributed by atoms with van der Waals surface area (Å²) in [4.78, 5) is 1.37. The van der Waals surface area contributed by atoms with E-state index in [-0.39, 0.29) is 4.83 Å². The number of furan rings is 1. The third kappa shape index (κ3) is 1.90. The molecule has 0 aliphatic carbocycles. The zero-order valence-corrected chi connectivity index (χ0v) is 10.6. The van der Waals surface area contributed by atoms with E-state index in [9.17, 15) is 0 Å². The van der Waals surface area contributed by atoms with Crippen LogP contribution in [0.25, 0.3) is 0 Å². The Morgan fingerprint density at radius 1 is 1.43 bits per heavy atom. The van der Waals surface area contributed by atoms with Crippen LogP contribution < -0.4 is 0 Å². The van der Waals surface area contributed by atoms with Crippen molar-refractivity contribution >= 4 is 38.9 Å². The van der Waals surface area contributed by atoms with E-state index in [1.807, 2.05) is 25.1 Å². The van der Waals surface area contributed by atoms with Crippen molar-refractivity contribution in [3.05, 3.63) is 45.0 Å². The minimum absolute atomic E-state index is 0.179. The molecule has 2 heterocycles. The summed E-state index contributed by atoms with van der Waals surface area (Å²) in [5.41, 5.74) is 1.16. The lowest BCUT2D eigenvalue weighted by Gasteiger charge is -2.05. The van der Waals surface area contributed by atoms with Crippen molar-refractivity contribution in [2.45, 2.75) is 11.8 Å². The summed E-state index contributed by atoms with van der Waals surface area (Å²) in [6.45, 7) is 1.96. The van der Waals surface area contributed by atoms with Crippen LogP contribution in [0.1, 0.15) is 21.0 Å². The minimum Gasteiger partial charge on any atom is -0.469 e. The molecule has 1 nitrogen and oxygen atoms in total. The SMILES string of the molecule is Cc1occc1C(Br)c1ccc(Cl)s1. The van der Waals surface area contributed by atoms with Crippen LogP contribution in [-0.2, 0) is 0 Å². The van der Waals surface area contributed by atoms with Crippen LogP contribution in [0.2, 0.25) is 4.34 Å². The molecule has 1 unspecified atom stereocenters. The highest BCUT2D eigenvalue weighted by Crippen LogP contribution is 2.38. The van der Waals surface area contributed by atoms with Gasteiger partial charge >= 0.3 is 0 Å². The average molecular weight is 292 g/mol. The summed E-state index contributed by atoms with van der Waals surface area (Å²) in [6, 6.07) is 5.91. The molecule has 0 N–H and O–H groups in total. The predicted octanol–water partition coefficient (Wildman–Crippen LogP) is 4.79. The van der Waals surface area contributed by atoms with Gasteiger partial charge in [-0.15, -0.1) is 11.3 Å². The van der Waals surface area contributed by atoms with Crippen molar-refractivity contribution in [1.82, 2.24) is 0 Å². The Morgan fingerprint density at radius 3 is 2.71 bits per heavy atom. The maximum atomic E-state index is 5.88. The first-order valence-corrected chi connectivity index (χ1v) is 6.23. The lowest BCUT2D eigenvalue weighted by atomic mass is 10.2. The standard InChI is InChI=1S/C10H8BrClOS/c1-6-7(4-5-13-6)10(11)8-2-3-9(12)14-8/h2-5,10H,1H3. The fourth-order valence-corrected chi connectivity index (χ4v) is 3.24. The first kappa shape index (κ1) is 10.3. The molecule has 1 atom stereocenters. The molecule has 2 aromatic heterocycles. The van der Waals surface area contributed by atoms with E-state index in [4.69, 9.17) is 16.0 Å². The number of rotatable bonds is 2. The number of hydrogen-bond donors (Lipinski definition) is 0. The predicted molar refractivity (Wildman–Crippen MR) is 63.5 cm³/mol. The highest BCUT2D eigenvalue weighted by molar-refractivity contribution is 9.09. The Morgan fingerprint density at radius 2 is 2.21 bits per heavy atom. The van der Waals surface area contributed by atoms with Crippen LogP contribution in [-0.4, -0.2) is 0 Å². The number of halogens is 2. The van der Waals surface area contributed by atoms with Crippen LogP contribution in [0, 0.1) is 6.92 Å². The molecule has 2 rings (SSSR count). The number of alkyl halides is 1. The molecule has 0 spiro atoms. The van der Waals surface area contributed by atoms with Crippen LogP contribution in [0.4, 0.5) is 0 Å². The summed E-state index contributed by atoms with van der Waals surface area (Å²) in [5, 5.41) is 0. The van der Waals surface area contributed by atoms with Gasteiger partial charge in [-0.1, -0.05) is 27.5 Å². The molecular formula is C10H8BrClOS. The molecule has 0 saturated heterocycles. The minimum atomic E-state index is 0.179. The first-order valence-electron chi connectivity index (χ1n) is 4.12. The second-order valence-corrected chi connectivity index (χ2v) is 5.60. The maximum absolute atomic E-state index is 5.88. The van der Waals surface area contributed by atoms with Crippen LogP contribution in [0.5, 0.6) is 0 Å². The average Bonchev–Trinajstić information content (AvgIpc) is 2.73. The summed E-state index contributed by atoms with van der Waals surface area (Å²) >= 11 is 11.1. The van der Waals surface area contributed by atoms with Gasteiger partial charge < -0.3 is 4.42 Å². The molecule has 14 heavy (non-hydrogen) atoms. The van der Waals surface area contributed by atoms with Crippen molar-refractivity contribution < 1.29 is 4.42 Å². The number of aryl methyl sites for hydroxylation is 1. The van der Waals surface area contributed by atoms with Gasteiger partial charge in [0.2, 0.25) is 0 Å². The van der Waals surface area contributed by atoms with Gasteiger partial charge in [-0.05, 0) is 25.1 Å². The molecule has 0 saturated carbocycles. The monoisotopic (exact) mass is 290 g/mol. The third-order valence-corrected chi connectivity index (χ3v) is 4.60. The first-order chi connectivity index (χ1) is 6.68. The molecule has 0 fully saturated rings. The Balaban J connectivity index is 2.33. The lowest BCUT2D eigenvalue weighted by molar-refractivity contribution is 0.530. The van der Waals surface area contributed by atoms with Gasteiger partial charge in [0.15, 0.2) is 0 Å². The highest BCUT2D eigenvalue weighted by atomic mass is 79.9.